The molecule has 13 heteroatoms. The highest BCUT2D eigenvalue weighted by Crippen LogP contribution is 2.37. The van der Waals surface area contributed by atoms with Gasteiger partial charge in [0, 0.05) is 0 Å². The molecule has 8 rings (SSSR count). The second kappa shape index (κ2) is 28.2. The van der Waals surface area contributed by atoms with E-state index in [0.29, 0.717) is 0 Å². The molecule has 2 heterocycles. The number of carbonyl (C=O) groups is 1. The molecule has 0 aromatic heterocycles. The molecule has 6 aromatic carbocycles. The Morgan fingerprint density at radius 2 is 0.778 bits per heavy atom. The predicted octanol–water partition coefficient (Wildman–Crippen LogP) is 9.95. The first-order valence-electron chi connectivity index (χ1n) is 24.3. The number of rotatable bonds is 26. The summed E-state index contributed by atoms with van der Waals surface area (Å²) < 4.78 is 79.3. The lowest BCUT2D eigenvalue weighted by molar-refractivity contribution is -0.373. The van der Waals surface area contributed by atoms with Gasteiger partial charge < -0.3 is 56.8 Å². The summed E-state index contributed by atoms with van der Waals surface area (Å²) in [4.78, 5) is 13.5. The van der Waals surface area contributed by atoms with E-state index in [9.17, 15) is 4.79 Å². The van der Waals surface area contributed by atoms with Crippen molar-refractivity contribution in [2.75, 3.05) is 26.9 Å². The highest BCUT2D eigenvalue weighted by Gasteiger charge is 2.55. The minimum Gasteiger partial charge on any atom is -0.438 e. The number of ether oxygens (including phenoxy) is 12. The van der Waals surface area contributed by atoms with Gasteiger partial charge in [0.15, 0.2) is 18.7 Å². The maximum Gasteiger partial charge on any atom is 0.508 e. The van der Waals surface area contributed by atoms with Gasteiger partial charge in [-0.2, -0.15) is 0 Å². The van der Waals surface area contributed by atoms with Gasteiger partial charge in [0.2, 0.25) is 0 Å². The van der Waals surface area contributed by atoms with E-state index in [0.717, 1.165) is 33.4 Å². The van der Waals surface area contributed by atoms with Crippen LogP contribution in [0.1, 0.15) is 33.4 Å². The summed E-state index contributed by atoms with van der Waals surface area (Å²) in [6.07, 6.45) is -9.34. The molecule has 0 spiro atoms. The molecule has 0 saturated carbocycles. The third-order valence-electron chi connectivity index (χ3n) is 12.2. The minimum absolute atomic E-state index is 0.0275. The van der Waals surface area contributed by atoms with E-state index in [1.54, 1.807) is 6.08 Å². The van der Waals surface area contributed by atoms with Crippen LogP contribution < -0.4 is 0 Å². The van der Waals surface area contributed by atoms with Gasteiger partial charge in [-0.1, -0.05) is 188 Å². The molecule has 0 N–H and O–H groups in total. The van der Waals surface area contributed by atoms with E-state index in [1.807, 2.05) is 182 Å². The Labute approximate surface area is 422 Å². The van der Waals surface area contributed by atoms with Crippen LogP contribution in [0, 0.1) is 0 Å². The Hall–Kier alpha value is -6.07. The zero-order valence-corrected chi connectivity index (χ0v) is 40.5. The smallest absolute Gasteiger partial charge is 0.438 e. The first kappa shape index (κ1) is 52.3. The average molecular weight is 981 g/mol. The van der Waals surface area contributed by atoms with Crippen LogP contribution in [0.3, 0.4) is 0 Å². The van der Waals surface area contributed by atoms with E-state index in [-0.39, 0.29) is 59.5 Å². The van der Waals surface area contributed by atoms with Gasteiger partial charge >= 0.3 is 6.16 Å². The van der Waals surface area contributed by atoms with Gasteiger partial charge in [0.25, 0.3) is 0 Å². The standard InChI is InChI=1S/C59H64O13/c1-3-34-64-57-55(68-40-48-32-20-9-21-33-48)54(67-39-47-30-18-8-19-31-47)52(50(69-57)42-63-36-44-24-12-5-13-25-44)71-58-56(72-59(60)61-2)53(66-38-46-28-16-7-17-29-46)51(65-37-45-26-14-6-15-27-45)49(70-58)41-62-35-43-22-10-4-11-23-43/h3-33,49-58H,1,34-42H2,2H3/t49-,50-,51-,52-,53+,54+,55-,56+,57+,58-/m1/s1. The van der Waals surface area contributed by atoms with Gasteiger partial charge in [-0.25, -0.2) is 4.79 Å². The van der Waals surface area contributed by atoms with E-state index in [2.05, 4.69) is 6.58 Å². The van der Waals surface area contributed by atoms with Crippen LogP contribution in [-0.2, 0) is 96.5 Å². The molecule has 2 aliphatic rings. The van der Waals surface area contributed by atoms with E-state index in [1.165, 1.54) is 7.11 Å². The summed E-state index contributed by atoms with van der Waals surface area (Å²) in [5.41, 5.74) is 5.57. The molecule has 13 nitrogen and oxygen atoms in total. The zero-order chi connectivity index (χ0) is 49.6. The van der Waals surface area contributed by atoms with Crippen molar-refractivity contribution < 1.29 is 61.6 Å². The highest BCUT2D eigenvalue weighted by atomic mass is 16.8. The molecule has 0 bridgehead atoms. The fourth-order valence-corrected chi connectivity index (χ4v) is 8.59. The van der Waals surface area contributed by atoms with Crippen molar-refractivity contribution in [2.24, 2.45) is 0 Å². The van der Waals surface area contributed by atoms with Crippen molar-refractivity contribution in [1.29, 1.82) is 0 Å². The fraction of sp³-hybridized carbons (Fsp3) is 0.339. The number of hydrogen-bond donors (Lipinski definition) is 0. The lowest BCUT2D eigenvalue weighted by Gasteiger charge is -2.49. The van der Waals surface area contributed by atoms with Crippen LogP contribution in [0.5, 0.6) is 0 Å². The second-order valence-electron chi connectivity index (χ2n) is 17.4. The van der Waals surface area contributed by atoms with Gasteiger partial charge in [-0.3, -0.25) is 0 Å². The molecule has 0 radical (unpaired) electrons. The molecule has 2 aliphatic heterocycles. The Morgan fingerprint density at radius 3 is 1.18 bits per heavy atom. The molecule has 6 aromatic rings. The van der Waals surface area contributed by atoms with Crippen molar-refractivity contribution in [2.45, 2.75) is 101 Å². The van der Waals surface area contributed by atoms with Crippen molar-refractivity contribution in [3.63, 3.8) is 0 Å². The summed E-state index contributed by atoms with van der Waals surface area (Å²) >= 11 is 0. The first-order valence-corrected chi connectivity index (χ1v) is 24.3. The predicted molar refractivity (Wildman–Crippen MR) is 268 cm³/mol. The molecule has 2 saturated heterocycles. The maximum atomic E-state index is 13.5. The highest BCUT2D eigenvalue weighted by molar-refractivity contribution is 5.60. The van der Waals surface area contributed by atoms with Crippen molar-refractivity contribution in [3.8, 4) is 0 Å². The normalized spacial score (nSPS) is 24.0. The Kier molecular flexibility index (Phi) is 20.5. The van der Waals surface area contributed by atoms with Crippen LogP contribution in [0.2, 0.25) is 0 Å². The summed E-state index contributed by atoms with van der Waals surface area (Å²) in [5.74, 6) is 0. The van der Waals surface area contributed by atoms with Crippen LogP contribution >= 0.6 is 0 Å². The summed E-state index contributed by atoms with van der Waals surface area (Å²) in [5, 5.41) is 0. The van der Waals surface area contributed by atoms with E-state index in [4.69, 9.17) is 56.8 Å². The monoisotopic (exact) mass is 980 g/mol. The first-order chi connectivity index (χ1) is 35.5. The summed E-state index contributed by atoms with van der Waals surface area (Å²) in [6.45, 7) is 5.38. The molecule has 378 valence electrons. The molecule has 0 aliphatic carbocycles. The van der Waals surface area contributed by atoms with E-state index < -0.39 is 67.6 Å². The Morgan fingerprint density at radius 1 is 0.431 bits per heavy atom. The van der Waals surface area contributed by atoms with Gasteiger partial charge in [-0.15, -0.1) is 6.58 Å². The molecule has 10 atom stereocenters. The minimum atomic E-state index is -1.36. The SMILES string of the molecule is C=CCO[C@H]1O[C@H](COCc2ccccc2)[C@@H](O[C@H]2O[C@H](COCc3ccccc3)[C@@H](OCc3ccccc3)[C@H](OCc3ccccc3)[C@@H]2OC(=O)OC)[C@H](OCc2ccccc2)[C@H]1OCc1ccccc1. The maximum absolute atomic E-state index is 13.5. The fourth-order valence-electron chi connectivity index (χ4n) is 8.59. The topological polar surface area (TPSA) is 128 Å². The third-order valence-corrected chi connectivity index (χ3v) is 12.2. The average Bonchev–Trinajstić information content (AvgIpc) is 3.43. The van der Waals surface area contributed by atoms with Crippen molar-refractivity contribution in [1.82, 2.24) is 0 Å². The summed E-state index contributed by atoms with van der Waals surface area (Å²) in [7, 11) is 1.24. The Balaban J connectivity index is 1.19. The van der Waals surface area contributed by atoms with Gasteiger partial charge in [0.05, 0.1) is 66.6 Å². The lowest BCUT2D eigenvalue weighted by Crippen LogP contribution is -2.66. The summed E-state index contributed by atoms with van der Waals surface area (Å²) in [6, 6.07) is 58.8. The molecule has 0 unspecified atom stereocenters. The molecular weight excluding hydrogens is 917 g/mol. The zero-order valence-electron chi connectivity index (χ0n) is 40.5. The van der Waals surface area contributed by atoms with Crippen LogP contribution in [0.15, 0.2) is 195 Å². The van der Waals surface area contributed by atoms with Crippen molar-refractivity contribution >= 4 is 6.16 Å². The Bertz CT molecular complexity index is 2430. The number of hydrogen-bond acceptors (Lipinski definition) is 13. The van der Waals surface area contributed by atoms with Crippen LogP contribution in [0.25, 0.3) is 0 Å². The van der Waals surface area contributed by atoms with Crippen LogP contribution in [-0.4, -0.2) is 94.5 Å². The quantitative estimate of drug-likeness (QED) is 0.0378. The second-order valence-corrected chi connectivity index (χ2v) is 17.4. The van der Waals surface area contributed by atoms with Crippen LogP contribution in [0.4, 0.5) is 4.79 Å². The van der Waals surface area contributed by atoms with Crippen molar-refractivity contribution in [3.05, 3.63) is 228 Å². The molecular formula is C59H64O13. The lowest BCUT2D eigenvalue weighted by atomic mass is 9.95. The molecule has 72 heavy (non-hydrogen) atoms. The molecule has 2 fully saturated rings. The third kappa shape index (κ3) is 15.5. The number of carbonyl (C=O) groups excluding carboxylic acids is 1. The number of methoxy groups -OCH3 is 1. The largest absolute Gasteiger partial charge is 0.508 e. The molecule has 0 amide bonds. The van der Waals surface area contributed by atoms with E-state index >= 15 is 0 Å². The van der Waals surface area contributed by atoms with Gasteiger partial charge in [0.1, 0.15) is 42.7 Å². The van der Waals surface area contributed by atoms with Gasteiger partial charge in [-0.05, 0) is 33.4 Å². The number of benzene rings is 6.